The lowest BCUT2D eigenvalue weighted by atomic mass is 10.0. The SMILES string of the molecule is COc1ccc(NC(=O)COC(=O)c2cc(O)c3ccccc3c2O)cc1. The van der Waals surface area contributed by atoms with Crippen molar-refractivity contribution in [2.45, 2.75) is 0 Å². The van der Waals surface area contributed by atoms with Gasteiger partial charge in [0.2, 0.25) is 0 Å². The Morgan fingerprint density at radius 1 is 1.00 bits per heavy atom. The number of anilines is 1. The maximum absolute atomic E-state index is 12.2. The number of benzene rings is 3. The van der Waals surface area contributed by atoms with Gasteiger partial charge in [-0.05, 0) is 30.3 Å². The Kier molecular flexibility index (Phi) is 5.12. The zero-order chi connectivity index (χ0) is 19.4. The number of carbonyl (C=O) groups is 2. The second-order valence-electron chi connectivity index (χ2n) is 5.69. The van der Waals surface area contributed by atoms with Crippen molar-refractivity contribution in [2.24, 2.45) is 0 Å². The van der Waals surface area contributed by atoms with Gasteiger partial charge in [-0.1, -0.05) is 24.3 Å². The number of aromatic hydroxyl groups is 2. The molecule has 7 heteroatoms. The molecule has 0 atom stereocenters. The lowest BCUT2D eigenvalue weighted by molar-refractivity contribution is -0.119. The van der Waals surface area contributed by atoms with Crippen LogP contribution in [0.4, 0.5) is 5.69 Å². The van der Waals surface area contributed by atoms with Crippen LogP contribution in [0.15, 0.2) is 54.6 Å². The summed E-state index contributed by atoms with van der Waals surface area (Å²) in [5.41, 5.74) is 0.298. The predicted octanol–water partition coefficient (Wildman–Crippen LogP) is 3.06. The van der Waals surface area contributed by atoms with Crippen molar-refractivity contribution in [2.75, 3.05) is 19.0 Å². The van der Waals surface area contributed by atoms with Crippen molar-refractivity contribution in [3.05, 3.63) is 60.2 Å². The van der Waals surface area contributed by atoms with Crippen molar-refractivity contribution in [1.29, 1.82) is 0 Å². The van der Waals surface area contributed by atoms with Crippen molar-refractivity contribution in [3.63, 3.8) is 0 Å². The van der Waals surface area contributed by atoms with E-state index in [9.17, 15) is 19.8 Å². The first-order valence-corrected chi connectivity index (χ1v) is 8.04. The summed E-state index contributed by atoms with van der Waals surface area (Å²) in [4.78, 5) is 24.1. The lowest BCUT2D eigenvalue weighted by Crippen LogP contribution is -2.21. The molecule has 3 N–H and O–H groups in total. The molecule has 0 saturated heterocycles. The summed E-state index contributed by atoms with van der Waals surface area (Å²) in [6.07, 6.45) is 0. The monoisotopic (exact) mass is 367 g/mol. The van der Waals surface area contributed by atoms with Crippen LogP contribution in [-0.2, 0) is 9.53 Å². The Bertz CT molecular complexity index is 997. The van der Waals surface area contributed by atoms with Gasteiger partial charge in [-0.2, -0.15) is 0 Å². The van der Waals surface area contributed by atoms with Crippen LogP contribution in [0.1, 0.15) is 10.4 Å². The van der Waals surface area contributed by atoms with E-state index < -0.39 is 18.5 Å². The quantitative estimate of drug-likeness (QED) is 0.473. The molecular formula is C20H17NO6. The maximum Gasteiger partial charge on any atom is 0.342 e. The number of phenolic OH excluding ortho intramolecular Hbond substituents is 2. The third kappa shape index (κ3) is 3.92. The molecule has 0 heterocycles. The number of esters is 1. The number of nitrogens with one attached hydrogen (secondary N) is 1. The highest BCUT2D eigenvalue weighted by molar-refractivity contribution is 6.04. The molecule has 0 unspecified atom stereocenters. The number of phenols is 2. The summed E-state index contributed by atoms with van der Waals surface area (Å²) < 4.78 is 9.97. The molecule has 3 aromatic carbocycles. The van der Waals surface area contributed by atoms with Gasteiger partial charge >= 0.3 is 5.97 Å². The molecule has 1 amide bonds. The number of amides is 1. The highest BCUT2D eigenvalue weighted by atomic mass is 16.5. The topological polar surface area (TPSA) is 105 Å². The standard InChI is InChI=1S/C20H17NO6/c1-26-13-8-6-12(7-9-13)21-18(23)11-27-20(25)16-10-17(22)14-4-2-3-5-15(14)19(16)24/h2-10,22,24H,11H2,1H3,(H,21,23). The number of hydrogen-bond donors (Lipinski definition) is 3. The molecule has 0 aliphatic heterocycles. The maximum atomic E-state index is 12.2. The van der Waals surface area contributed by atoms with Crippen LogP contribution in [0, 0.1) is 0 Å². The minimum absolute atomic E-state index is 0.168. The van der Waals surface area contributed by atoms with Crippen LogP contribution in [-0.4, -0.2) is 35.8 Å². The predicted molar refractivity (Wildman–Crippen MR) is 99.2 cm³/mol. The second kappa shape index (κ2) is 7.65. The molecule has 0 aliphatic carbocycles. The number of hydrogen-bond acceptors (Lipinski definition) is 6. The molecular weight excluding hydrogens is 350 g/mol. The zero-order valence-corrected chi connectivity index (χ0v) is 14.4. The van der Waals surface area contributed by atoms with Crippen LogP contribution < -0.4 is 10.1 Å². The van der Waals surface area contributed by atoms with Crippen LogP contribution in [0.5, 0.6) is 17.2 Å². The van der Waals surface area contributed by atoms with Crippen LogP contribution >= 0.6 is 0 Å². The fourth-order valence-electron chi connectivity index (χ4n) is 2.58. The van der Waals surface area contributed by atoms with E-state index in [1.807, 2.05) is 0 Å². The molecule has 0 fully saturated rings. The molecule has 0 saturated carbocycles. The van der Waals surface area contributed by atoms with Gasteiger partial charge < -0.3 is 25.0 Å². The molecule has 0 spiro atoms. The number of methoxy groups -OCH3 is 1. The third-order valence-electron chi connectivity index (χ3n) is 3.92. The van der Waals surface area contributed by atoms with Gasteiger partial charge in [0.05, 0.1) is 7.11 Å². The minimum atomic E-state index is -0.918. The molecule has 3 rings (SSSR count). The summed E-state index contributed by atoms with van der Waals surface area (Å²) in [5, 5.41) is 23.6. The van der Waals surface area contributed by atoms with Crippen LogP contribution in [0.25, 0.3) is 10.8 Å². The Morgan fingerprint density at radius 2 is 1.67 bits per heavy atom. The van der Waals surface area contributed by atoms with E-state index in [1.54, 1.807) is 48.5 Å². The normalized spacial score (nSPS) is 10.4. The molecule has 0 aliphatic rings. The highest BCUT2D eigenvalue weighted by Crippen LogP contribution is 2.35. The summed E-state index contributed by atoms with van der Waals surface area (Å²) >= 11 is 0. The van der Waals surface area contributed by atoms with Gasteiger partial charge in [0.1, 0.15) is 22.8 Å². The number of fused-ring (bicyclic) bond motifs is 1. The lowest BCUT2D eigenvalue weighted by Gasteiger charge is -2.10. The summed E-state index contributed by atoms with van der Waals surface area (Å²) in [7, 11) is 1.53. The van der Waals surface area contributed by atoms with Crippen molar-refractivity contribution in [1.82, 2.24) is 0 Å². The minimum Gasteiger partial charge on any atom is -0.507 e. The first-order valence-electron chi connectivity index (χ1n) is 8.04. The number of rotatable bonds is 5. The van der Waals surface area contributed by atoms with Gasteiger partial charge in [0.25, 0.3) is 5.91 Å². The average molecular weight is 367 g/mol. The van der Waals surface area contributed by atoms with E-state index >= 15 is 0 Å². The summed E-state index contributed by atoms with van der Waals surface area (Å²) in [6, 6.07) is 14.3. The van der Waals surface area contributed by atoms with E-state index in [0.717, 1.165) is 6.07 Å². The molecule has 27 heavy (non-hydrogen) atoms. The van der Waals surface area contributed by atoms with E-state index in [2.05, 4.69) is 5.32 Å². The number of ether oxygens (including phenoxy) is 2. The van der Waals surface area contributed by atoms with Crippen LogP contribution in [0.2, 0.25) is 0 Å². The highest BCUT2D eigenvalue weighted by Gasteiger charge is 2.19. The molecule has 0 radical (unpaired) electrons. The van der Waals surface area contributed by atoms with E-state index in [-0.39, 0.29) is 17.1 Å². The second-order valence-corrected chi connectivity index (χ2v) is 5.69. The molecule has 138 valence electrons. The number of carbonyl (C=O) groups excluding carboxylic acids is 2. The smallest absolute Gasteiger partial charge is 0.342 e. The average Bonchev–Trinajstić information content (AvgIpc) is 2.69. The van der Waals surface area contributed by atoms with E-state index in [4.69, 9.17) is 9.47 Å². The Balaban J connectivity index is 1.67. The molecule has 7 nitrogen and oxygen atoms in total. The summed E-state index contributed by atoms with van der Waals surface area (Å²) in [6.45, 7) is -0.544. The van der Waals surface area contributed by atoms with E-state index in [1.165, 1.54) is 7.11 Å². The molecule has 3 aromatic rings. The van der Waals surface area contributed by atoms with Crippen molar-refractivity contribution >= 4 is 28.3 Å². The van der Waals surface area contributed by atoms with Gasteiger partial charge in [0, 0.05) is 16.5 Å². The fourth-order valence-corrected chi connectivity index (χ4v) is 2.58. The zero-order valence-electron chi connectivity index (χ0n) is 14.4. The van der Waals surface area contributed by atoms with E-state index in [0.29, 0.717) is 22.2 Å². The largest absolute Gasteiger partial charge is 0.507 e. The molecule has 0 bridgehead atoms. The van der Waals surface area contributed by atoms with Crippen molar-refractivity contribution in [3.8, 4) is 17.2 Å². The van der Waals surface area contributed by atoms with Crippen molar-refractivity contribution < 1.29 is 29.3 Å². The Morgan fingerprint density at radius 3 is 2.33 bits per heavy atom. The first kappa shape index (κ1) is 18.1. The van der Waals surface area contributed by atoms with Gasteiger partial charge in [-0.25, -0.2) is 4.79 Å². The third-order valence-corrected chi connectivity index (χ3v) is 3.92. The fraction of sp³-hybridized carbons (Fsp3) is 0.100. The van der Waals surface area contributed by atoms with Gasteiger partial charge in [-0.15, -0.1) is 0 Å². The first-order chi connectivity index (χ1) is 13.0. The summed E-state index contributed by atoms with van der Waals surface area (Å²) in [5.74, 6) is -1.30. The van der Waals surface area contributed by atoms with Gasteiger partial charge in [-0.3, -0.25) is 4.79 Å². The van der Waals surface area contributed by atoms with Gasteiger partial charge in [0.15, 0.2) is 6.61 Å². The molecule has 0 aromatic heterocycles. The Hall–Kier alpha value is -3.74. The van der Waals surface area contributed by atoms with Crippen LogP contribution in [0.3, 0.4) is 0 Å². The Labute approximate surface area is 154 Å².